The number of anilines is 2. The van der Waals surface area contributed by atoms with E-state index in [2.05, 4.69) is 25.8 Å². The van der Waals surface area contributed by atoms with Crippen molar-refractivity contribution in [1.82, 2.24) is 15.2 Å². The van der Waals surface area contributed by atoms with Crippen LogP contribution in [0.1, 0.15) is 17.4 Å². The number of hydrogen-bond donors (Lipinski definition) is 3. The molecule has 0 aliphatic rings. The lowest BCUT2D eigenvalue weighted by atomic mass is 10.3. The van der Waals surface area contributed by atoms with Gasteiger partial charge < -0.3 is 5.32 Å². The number of carbonyl (C=O) groups excluding carboxylic acids is 2. The van der Waals surface area contributed by atoms with Gasteiger partial charge in [-0.1, -0.05) is 17.4 Å². The van der Waals surface area contributed by atoms with Crippen LogP contribution >= 0.6 is 22.7 Å². The lowest BCUT2D eigenvalue weighted by molar-refractivity contribution is -0.114. The molecule has 4 rings (SSSR count). The minimum atomic E-state index is -0.329. The predicted octanol–water partition coefficient (Wildman–Crippen LogP) is 3.96. The number of carbonyl (C=O) groups is 2. The molecular weight excluding hydrogens is 370 g/mol. The summed E-state index contributed by atoms with van der Waals surface area (Å²) in [5.74, 6) is -0.465. The molecule has 0 radical (unpaired) electrons. The molecule has 0 aliphatic carbocycles. The third-order valence-electron chi connectivity index (χ3n) is 3.53. The fourth-order valence-electron chi connectivity index (χ4n) is 2.42. The van der Waals surface area contributed by atoms with E-state index in [0.29, 0.717) is 16.5 Å². The van der Waals surface area contributed by atoms with Crippen molar-refractivity contribution in [2.24, 2.45) is 0 Å². The van der Waals surface area contributed by atoms with E-state index >= 15 is 0 Å². The molecule has 0 atom stereocenters. The van der Waals surface area contributed by atoms with E-state index < -0.39 is 0 Å². The first-order valence-corrected chi connectivity index (χ1v) is 9.37. The minimum Gasteiger partial charge on any atom is -0.326 e. The van der Waals surface area contributed by atoms with E-state index in [-0.39, 0.29) is 11.8 Å². The van der Waals surface area contributed by atoms with Crippen LogP contribution in [0.3, 0.4) is 0 Å². The van der Waals surface area contributed by atoms with Crippen LogP contribution < -0.4 is 10.6 Å². The smallest absolute Gasteiger partial charge is 0.277 e. The van der Waals surface area contributed by atoms with E-state index in [1.807, 2.05) is 23.6 Å². The van der Waals surface area contributed by atoms with Crippen molar-refractivity contribution < 1.29 is 9.59 Å². The number of benzene rings is 1. The van der Waals surface area contributed by atoms with Crippen LogP contribution in [0.4, 0.5) is 10.8 Å². The van der Waals surface area contributed by atoms with Crippen molar-refractivity contribution >= 4 is 55.5 Å². The normalized spacial score (nSPS) is 10.8. The molecule has 0 unspecified atom stereocenters. The molecule has 3 heterocycles. The van der Waals surface area contributed by atoms with Gasteiger partial charge in [-0.15, -0.1) is 11.3 Å². The second-order valence-electron chi connectivity index (χ2n) is 5.48. The van der Waals surface area contributed by atoms with Gasteiger partial charge in [0, 0.05) is 12.6 Å². The number of fused-ring (bicyclic) bond motifs is 1. The zero-order chi connectivity index (χ0) is 18.1. The highest BCUT2D eigenvalue weighted by Crippen LogP contribution is 2.29. The van der Waals surface area contributed by atoms with Crippen molar-refractivity contribution in [2.75, 3.05) is 10.6 Å². The summed E-state index contributed by atoms with van der Waals surface area (Å²) in [5, 5.41) is 14.9. The Hall–Kier alpha value is -3.04. The zero-order valence-electron chi connectivity index (χ0n) is 13.6. The lowest BCUT2D eigenvalue weighted by Gasteiger charge is -1.99. The third-order valence-corrected chi connectivity index (χ3v) is 5.36. The van der Waals surface area contributed by atoms with Crippen molar-refractivity contribution in [3.05, 3.63) is 47.5 Å². The van der Waals surface area contributed by atoms with Gasteiger partial charge in [-0.25, -0.2) is 4.98 Å². The van der Waals surface area contributed by atoms with Gasteiger partial charge in [0.05, 0.1) is 20.8 Å². The van der Waals surface area contributed by atoms with Gasteiger partial charge in [-0.05, 0) is 35.7 Å². The topological polar surface area (TPSA) is 99.8 Å². The third kappa shape index (κ3) is 3.35. The van der Waals surface area contributed by atoms with E-state index in [1.54, 1.807) is 29.5 Å². The molecule has 3 aromatic heterocycles. The van der Waals surface area contributed by atoms with Crippen LogP contribution in [0.2, 0.25) is 0 Å². The van der Waals surface area contributed by atoms with Crippen LogP contribution in [0.25, 0.3) is 20.8 Å². The Kier molecular flexibility index (Phi) is 4.23. The Morgan fingerprint density at radius 1 is 1.15 bits per heavy atom. The average molecular weight is 383 g/mol. The highest BCUT2D eigenvalue weighted by molar-refractivity contribution is 7.22. The SMILES string of the molecule is CC(=O)Nc1ccc2nc(NC(=O)c3cc(-c4cccs4)[nH]n3)sc2c1. The minimum absolute atomic E-state index is 0.137. The summed E-state index contributed by atoms with van der Waals surface area (Å²) >= 11 is 2.91. The standard InChI is InChI=1S/C17H13N5O2S2/c1-9(23)18-10-4-5-11-15(7-10)26-17(19-11)20-16(24)13-8-12(21-22-13)14-3-2-6-25-14/h2-8H,1H3,(H,18,23)(H,21,22)(H,19,20,24). The summed E-state index contributed by atoms with van der Waals surface area (Å²) in [4.78, 5) is 29.0. The highest BCUT2D eigenvalue weighted by Gasteiger charge is 2.14. The number of nitrogens with one attached hydrogen (secondary N) is 3. The van der Waals surface area contributed by atoms with Gasteiger partial charge in [0.2, 0.25) is 5.91 Å². The van der Waals surface area contributed by atoms with Crippen LogP contribution in [0, 0.1) is 0 Å². The molecular formula is C17H13N5O2S2. The number of thiophene rings is 1. The van der Waals surface area contributed by atoms with Gasteiger partial charge in [-0.3, -0.25) is 20.0 Å². The summed E-state index contributed by atoms with van der Waals surface area (Å²) in [7, 11) is 0. The second-order valence-corrected chi connectivity index (χ2v) is 7.46. The van der Waals surface area contributed by atoms with Crippen molar-refractivity contribution in [3.8, 4) is 10.6 Å². The number of thiazole rings is 1. The van der Waals surface area contributed by atoms with Gasteiger partial charge in [0.1, 0.15) is 0 Å². The summed E-state index contributed by atoms with van der Waals surface area (Å²) in [6.45, 7) is 1.46. The first-order valence-electron chi connectivity index (χ1n) is 7.67. The molecule has 4 aromatic rings. The fourth-order valence-corrected chi connectivity index (χ4v) is 4.01. The van der Waals surface area contributed by atoms with E-state index in [0.717, 1.165) is 20.8 Å². The molecule has 0 spiro atoms. The Balaban J connectivity index is 1.53. The van der Waals surface area contributed by atoms with E-state index in [4.69, 9.17) is 0 Å². The Labute approximate surface area is 156 Å². The fraction of sp³-hybridized carbons (Fsp3) is 0.0588. The number of hydrogen-bond acceptors (Lipinski definition) is 6. The molecule has 1 aromatic carbocycles. The molecule has 0 saturated carbocycles. The van der Waals surface area contributed by atoms with Crippen LogP contribution in [0.5, 0.6) is 0 Å². The molecule has 2 amide bonds. The maximum Gasteiger partial charge on any atom is 0.277 e. The summed E-state index contributed by atoms with van der Waals surface area (Å²) < 4.78 is 0.868. The first kappa shape index (κ1) is 16.4. The maximum atomic E-state index is 12.4. The van der Waals surface area contributed by atoms with E-state index in [1.165, 1.54) is 18.3 Å². The summed E-state index contributed by atoms with van der Waals surface area (Å²) in [6.07, 6.45) is 0. The van der Waals surface area contributed by atoms with Crippen LogP contribution in [-0.2, 0) is 4.79 Å². The largest absolute Gasteiger partial charge is 0.326 e. The maximum absolute atomic E-state index is 12.4. The van der Waals surface area contributed by atoms with Gasteiger partial charge in [0.25, 0.3) is 5.91 Å². The van der Waals surface area contributed by atoms with Gasteiger partial charge in [-0.2, -0.15) is 5.10 Å². The number of aromatic amines is 1. The molecule has 0 bridgehead atoms. The van der Waals surface area contributed by atoms with E-state index in [9.17, 15) is 9.59 Å². The Morgan fingerprint density at radius 3 is 2.81 bits per heavy atom. The first-order chi connectivity index (χ1) is 12.6. The Bertz CT molecular complexity index is 1100. The predicted molar refractivity (Wildman–Crippen MR) is 104 cm³/mol. The average Bonchev–Trinajstić information content (AvgIpc) is 3.33. The van der Waals surface area contributed by atoms with Gasteiger partial charge in [0.15, 0.2) is 10.8 Å². The molecule has 26 heavy (non-hydrogen) atoms. The molecule has 7 nitrogen and oxygen atoms in total. The lowest BCUT2D eigenvalue weighted by Crippen LogP contribution is -2.11. The van der Waals surface area contributed by atoms with Crippen molar-refractivity contribution in [3.63, 3.8) is 0 Å². The number of H-pyrrole nitrogens is 1. The number of aromatic nitrogens is 3. The summed E-state index contributed by atoms with van der Waals surface area (Å²) in [5.41, 5.74) is 2.54. The summed E-state index contributed by atoms with van der Waals surface area (Å²) in [6, 6.07) is 11.0. The zero-order valence-corrected chi connectivity index (χ0v) is 15.2. The molecule has 9 heteroatoms. The Morgan fingerprint density at radius 2 is 2.04 bits per heavy atom. The molecule has 0 saturated heterocycles. The van der Waals surface area contributed by atoms with Crippen LogP contribution in [0.15, 0.2) is 41.8 Å². The van der Waals surface area contributed by atoms with Crippen molar-refractivity contribution in [2.45, 2.75) is 6.92 Å². The van der Waals surface area contributed by atoms with Crippen molar-refractivity contribution in [1.29, 1.82) is 0 Å². The monoisotopic (exact) mass is 383 g/mol. The molecule has 3 N–H and O–H groups in total. The highest BCUT2D eigenvalue weighted by atomic mass is 32.1. The number of nitrogens with zero attached hydrogens (tertiary/aromatic N) is 2. The molecule has 0 fully saturated rings. The molecule has 130 valence electrons. The quantitative estimate of drug-likeness (QED) is 0.497. The number of rotatable bonds is 4. The number of amides is 2. The van der Waals surface area contributed by atoms with Gasteiger partial charge >= 0.3 is 0 Å². The van der Waals surface area contributed by atoms with Crippen LogP contribution in [-0.4, -0.2) is 27.0 Å². The second kappa shape index (κ2) is 6.70. The molecule has 0 aliphatic heterocycles.